The Morgan fingerprint density at radius 1 is 0.328 bits per heavy atom. The predicted octanol–water partition coefficient (Wildman–Crippen LogP) is 16.4. The molecule has 2 heterocycles. The molecule has 4 atom stereocenters. The molecule has 0 radical (unpaired) electrons. The number of para-hydroxylation sites is 2. The number of rotatable bonds is 6. The van der Waals surface area contributed by atoms with Crippen molar-refractivity contribution in [2.75, 3.05) is 9.80 Å². The van der Waals surface area contributed by atoms with Crippen LogP contribution in [0.4, 0.5) is 22.7 Å². The Kier molecular flexibility index (Phi) is 6.98. The Labute approximate surface area is 375 Å². The lowest BCUT2D eigenvalue weighted by atomic mass is 9.81. The zero-order valence-electron chi connectivity index (χ0n) is 36.8. The molecule has 2 aliphatic heterocycles. The van der Waals surface area contributed by atoms with E-state index in [0.29, 0.717) is 0 Å². The molecule has 2 saturated carbocycles. The van der Waals surface area contributed by atoms with E-state index in [4.69, 9.17) is 0 Å². The third-order valence-electron chi connectivity index (χ3n) is 16.9. The highest BCUT2D eigenvalue weighted by molar-refractivity contribution is 6.32. The van der Waals surface area contributed by atoms with E-state index in [1.165, 1.54) is 111 Å². The average Bonchev–Trinajstić information content (AvgIpc) is 4.07. The molecule has 10 aromatic carbocycles. The molecule has 64 heavy (non-hydrogen) atoms. The van der Waals surface area contributed by atoms with Crippen molar-refractivity contribution in [3.05, 3.63) is 205 Å². The summed E-state index contributed by atoms with van der Waals surface area (Å²) in [6.45, 7) is 9.87. The minimum Gasteiger partial charge on any atom is -0.334 e. The van der Waals surface area contributed by atoms with E-state index in [-0.39, 0.29) is 21.9 Å². The van der Waals surface area contributed by atoms with Crippen molar-refractivity contribution in [3.63, 3.8) is 0 Å². The highest BCUT2D eigenvalue weighted by Gasteiger charge is 2.71. The van der Waals surface area contributed by atoms with Crippen LogP contribution in [-0.2, 0) is 10.8 Å². The first-order valence-electron chi connectivity index (χ1n) is 23.1. The van der Waals surface area contributed by atoms with Gasteiger partial charge in [0.1, 0.15) is 0 Å². The maximum absolute atomic E-state index is 2.61. The number of fused-ring (bicyclic) bond motifs is 6. The van der Waals surface area contributed by atoms with Crippen molar-refractivity contribution in [1.29, 1.82) is 0 Å². The van der Waals surface area contributed by atoms with Gasteiger partial charge in [0.25, 0.3) is 0 Å². The fraction of sp³-hybridized carbons (Fsp3) is 0.161. The monoisotopic (exact) mass is 820 g/mol. The topological polar surface area (TPSA) is 6.48 Å². The summed E-state index contributed by atoms with van der Waals surface area (Å²) in [6.07, 6.45) is 2.30. The summed E-state index contributed by atoms with van der Waals surface area (Å²) in [7, 11) is 0. The Bertz CT molecular complexity index is 3320. The molecule has 0 bridgehead atoms. The quantitative estimate of drug-likeness (QED) is 0.154. The summed E-state index contributed by atoms with van der Waals surface area (Å²) in [5.74, 6) is 0. The van der Waals surface area contributed by atoms with E-state index in [2.05, 4.69) is 232 Å². The largest absolute Gasteiger partial charge is 0.334 e. The van der Waals surface area contributed by atoms with Gasteiger partial charge >= 0.3 is 0 Å². The molecule has 0 amide bonds. The number of hydrogen-bond acceptors (Lipinski definition) is 2. The van der Waals surface area contributed by atoms with Gasteiger partial charge in [-0.2, -0.15) is 0 Å². The Hall–Kier alpha value is -7.16. The summed E-state index contributed by atoms with van der Waals surface area (Å²) in [5.41, 5.74) is 18.6. The minimum atomic E-state index is 0.0599. The van der Waals surface area contributed by atoms with Crippen LogP contribution in [0.15, 0.2) is 194 Å². The second-order valence-electron chi connectivity index (χ2n) is 20.1. The zero-order valence-corrected chi connectivity index (χ0v) is 36.8. The smallest absolute Gasteiger partial charge is 0.0528 e. The summed E-state index contributed by atoms with van der Waals surface area (Å²) >= 11 is 0. The first kappa shape index (κ1) is 36.3. The third kappa shape index (κ3) is 4.55. The van der Waals surface area contributed by atoms with Crippen LogP contribution in [0.3, 0.4) is 0 Å². The zero-order chi connectivity index (χ0) is 42.7. The van der Waals surface area contributed by atoms with Gasteiger partial charge in [-0.3, -0.25) is 0 Å². The Balaban J connectivity index is 1.03. The summed E-state index contributed by atoms with van der Waals surface area (Å²) < 4.78 is 0. The molecule has 10 aromatic rings. The molecule has 2 heteroatoms. The van der Waals surface area contributed by atoms with Crippen molar-refractivity contribution in [2.45, 2.75) is 62.4 Å². The maximum atomic E-state index is 2.61. The van der Waals surface area contributed by atoms with Crippen LogP contribution in [0.25, 0.3) is 76.8 Å². The van der Waals surface area contributed by atoms with Gasteiger partial charge in [-0.1, -0.05) is 147 Å². The summed E-state index contributed by atoms with van der Waals surface area (Å²) in [4.78, 5) is 5.22. The van der Waals surface area contributed by atoms with E-state index in [9.17, 15) is 0 Å². The first-order valence-corrected chi connectivity index (χ1v) is 23.1. The van der Waals surface area contributed by atoms with Crippen LogP contribution in [0.5, 0.6) is 0 Å². The van der Waals surface area contributed by atoms with Crippen LogP contribution in [0.2, 0.25) is 0 Å². The SMILES string of the molecule is CC12CC1(C)N(c1ccccc1)c1ccc(-c3cc(-c4ccccc4)c4ccc5c(-c6ccc7c(c6)C6(C)CC6(C)N7c6ccccc6)cc(-c6ccccc6)c6ccc3c4c65)cc12. The minimum absolute atomic E-state index is 0.0599. The van der Waals surface area contributed by atoms with Gasteiger partial charge in [0.2, 0.25) is 0 Å². The van der Waals surface area contributed by atoms with E-state index in [1.807, 2.05) is 0 Å². The molecule has 0 aromatic heterocycles. The molecule has 0 saturated heterocycles. The number of hydrogen-bond donors (Lipinski definition) is 0. The van der Waals surface area contributed by atoms with Crippen LogP contribution in [0.1, 0.15) is 51.7 Å². The maximum Gasteiger partial charge on any atom is 0.0528 e. The molecule has 14 rings (SSSR count). The van der Waals surface area contributed by atoms with Crippen LogP contribution in [0, 0.1) is 0 Å². The van der Waals surface area contributed by atoms with Crippen molar-refractivity contribution >= 4 is 55.1 Å². The molecule has 0 spiro atoms. The van der Waals surface area contributed by atoms with Crippen LogP contribution < -0.4 is 9.80 Å². The molecule has 4 unspecified atom stereocenters. The first-order chi connectivity index (χ1) is 31.2. The van der Waals surface area contributed by atoms with Gasteiger partial charge < -0.3 is 9.80 Å². The normalized spacial score (nSPS) is 23.7. The predicted molar refractivity (Wildman–Crippen MR) is 270 cm³/mol. The third-order valence-corrected chi connectivity index (χ3v) is 16.9. The number of anilines is 4. The highest BCUT2D eigenvalue weighted by Crippen LogP contribution is 2.72. The van der Waals surface area contributed by atoms with E-state index in [0.717, 1.165) is 12.8 Å². The standard InChI is InChI=1S/C62H48N2/c1-59-37-61(59,3)63(43-21-13-7-14-22-43)55-31-25-41(33-53(55)59)51-35-49(39-17-9-5-10-18-39)45-28-30-48-52(36-50(40-19-11-6-12-20-40)46-27-29-47(51)57(45)58(46)48)42-26-32-56-54(34-42)60(2)38-62(60,4)64(56)44-23-15-8-16-24-44/h5-36H,37-38H2,1-4H3. The van der Waals surface area contributed by atoms with Crippen molar-refractivity contribution in [2.24, 2.45) is 0 Å². The van der Waals surface area contributed by atoms with Crippen LogP contribution >= 0.6 is 0 Å². The van der Waals surface area contributed by atoms with Crippen molar-refractivity contribution in [1.82, 2.24) is 0 Å². The lowest BCUT2D eigenvalue weighted by Gasteiger charge is -2.29. The number of nitrogens with zero attached hydrogens (tertiary/aromatic N) is 2. The highest BCUT2D eigenvalue weighted by atomic mass is 15.3. The molecule has 2 fully saturated rings. The Morgan fingerprint density at radius 3 is 1.02 bits per heavy atom. The van der Waals surface area contributed by atoms with Gasteiger partial charge in [-0.25, -0.2) is 0 Å². The molecule has 4 aliphatic rings. The Morgan fingerprint density at radius 2 is 0.656 bits per heavy atom. The van der Waals surface area contributed by atoms with E-state index < -0.39 is 0 Å². The molecular weight excluding hydrogens is 773 g/mol. The number of benzene rings is 10. The molecule has 0 N–H and O–H groups in total. The average molecular weight is 821 g/mol. The second kappa shape index (κ2) is 12.3. The van der Waals surface area contributed by atoms with Gasteiger partial charge in [0.15, 0.2) is 0 Å². The van der Waals surface area contributed by atoms with Gasteiger partial charge in [0, 0.05) is 33.6 Å². The van der Waals surface area contributed by atoms with Gasteiger partial charge in [-0.15, -0.1) is 0 Å². The lowest BCUT2D eigenvalue weighted by Crippen LogP contribution is -2.30. The summed E-state index contributed by atoms with van der Waals surface area (Å²) in [5, 5.41) is 7.89. The fourth-order valence-electron chi connectivity index (χ4n) is 13.1. The van der Waals surface area contributed by atoms with Crippen molar-refractivity contribution < 1.29 is 0 Å². The molecule has 2 nitrogen and oxygen atoms in total. The molecule has 306 valence electrons. The van der Waals surface area contributed by atoms with E-state index >= 15 is 0 Å². The second-order valence-corrected chi connectivity index (χ2v) is 20.1. The fourth-order valence-corrected chi connectivity index (χ4v) is 13.1. The van der Waals surface area contributed by atoms with Crippen molar-refractivity contribution in [3.8, 4) is 44.5 Å². The van der Waals surface area contributed by atoms with Crippen LogP contribution in [-0.4, -0.2) is 11.1 Å². The van der Waals surface area contributed by atoms with E-state index in [1.54, 1.807) is 0 Å². The summed E-state index contributed by atoms with van der Waals surface area (Å²) in [6, 6.07) is 73.4. The lowest BCUT2D eigenvalue weighted by molar-refractivity contribution is 0.639. The van der Waals surface area contributed by atoms with Gasteiger partial charge in [0.05, 0.1) is 11.1 Å². The molecule has 2 aliphatic carbocycles. The van der Waals surface area contributed by atoms with Gasteiger partial charge in [-0.05, 0) is 175 Å². The molecular formula is C62H48N2.